The quantitative estimate of drug-likeness (QED) is 0.933. The third-order valence-corrected chi connectivity index (χ3v) is 4.81. The second-order valence-electron chi connectivity index (χ2n) is 6.43. The molecule has 0 unspecified atom stereocenters. The molecule has 1 aliphatic rings. The zero-order valence-corrected chi connectivity index (χ0v) is 14.2. The van der Waals surface area contributed by atoms with Crippen molar-refractivity contribution in [3.8, 4) is 0 Å². The van der Waals surface area contributed by atoms with Crippen molar-refractivity contribution in [2.24, 2.45) is 13.0 Å². The Morgan fingerprint density at radius 1 is 1.39 bits per heavy atom. The highest BCUT2D eigenvalue weighted by Gasteiger charge is 2.24. The highest BCUT2D eigenvalue weighted by Crippen LogP contribution is 2.23. The highest BCUT2D eigenvalue weighted by atomic mass is 16.2. The van der Waals surface area contributed by atoms with Gasteiger partial charge in [-0.05, 0) is 51.8 Å². The fourth-order valence-electron chi connectivity index (χ4n) is 3.38. The number of carbonyl (C=O) groups is 1. The van der Waals surface area contributed by atoms with Crippen LogP contribution in [0.4, 0.5) is 0 Å². The van der Waals surface area contributed by atoms with Crippen molar-refractivity contribution < 1.29 is 4.79 Å². The zero-order chi connectivity index (χ0) is 16.4. The molecule has 1 saturated heterocycles. The number of nitrogens with one attached hydrogen (secondary N) is 1. The third-order valence-electron chi connectivity index (χ3n) is 4.81. The number of hydrogen-bond donors (Lipinski definition) is 1. The van der Waals surface area contributed by atoms with Gasteiger partial charge in [0.1, 0.15) is 0 Å². The van der Waals surface area contributed by atoms with Crippen molar-refractivity contribution in [2.45, 2.75) is 26.2 Å². The Labute approximate surface area is 136 Å². The smallest absolute Gasteiger partial charge is 0.255 e. The lowest BCUT2D eigenvalue weighted by Crippen LogP contribution is -2.39. The summed E-state index contributed by atoms with van der Waals surface area (Å²) in [6.07, 6.45) is 5.06. The van der Waals surface area contributed by atoms with Crippen LogP contribution < -0.4 is 5.32 Å². The lowest BCUT2D eigenvalue weighted by molar-refractivity contribution is 0.0687. The minimum Gasteiger partial charge on any atom is -0.339 e. The molecule has 0 bridgehead atoms. The van der Waals surface area contributed by atoms with Gasteiger partial charge in [0.05, 0.1) is 11.3 Å². The molecule has 124 valence electrons. The van der Waals surface area contributed by atoms with E-state index in [1.807, 2.05) is 32.0 Å². The van der Waals surface area contributed by atoms with Gasteiger partial charge in [-0.25, -0.2) is 4.98 Å². The maximum absolute atomic E-state index is 12.7. The first-order chi connectivity index (χ1) is 11.1. The van der Waals surface area contributed by atoms with Gasteiger partial charge in [-0.15, -0.1) is 0 Å². The van der Waals surface area contributed by atoms with E-state index in [2.05, 4.69) is 15.4 Å². The van der Waals surface area contributed by atoms with Crippen LogP contribution in [0.5, 0.6) is 0 Å². The summed E-state index contributed by atoms with van der Waals surface area (Å²) < 4.78 is 1.76. The van der Waals surface area contributed by atoms with E-state index in [9.17, 15) is 4.79 Å². The minimum absolute atomic E-state index is 0.0923. The van der Waals surface area contributed by atoms with Gasteiger partial charge in [-0.1, -0.05) is 0 Å². The van der Waals surface area contributed by atoms with Crippen LogP contribution in [-0.4, -0.2) is 52.3 Å². The van der Waals surface area contributed by atoms with E-state index in [0.29, 0.717) is 5.56 Å². The first-order valence-electron chi connectivity index (χ1n) is 8.33. The lowest BCUT2D eigenvalue weighted by atomic mass is 9.93. The standard InChI is InChI=1S/C17H25N5O/c1-12-15-10-14(11-19-16(15)21(3)20-12)17(23)22-8-5-13(6-9-22)4-7-18-2/h10-11,13,18H,4-9H2,1-3H3. The SMILES string of the molecule is CNCCC1CCN(C(=O)c2cnc3c(c2)c(C)nn3C)CC1. The Balaban J connectivity index is 1.70. The van der Waals surface area contributed by atoms with Crippen molar-refractivity contribution in [3.05, 3.63) is 23.5 Å². The van der Waals surface area contributed by atoms with E-state index >= 15 is 0 Å². The summed E-state index contributed by atoms with van der Waals surface area (Å²) in [5.41, 5.74) is 2.41. The fraction of sp³-hybridized carbons (Fsp3) is 0.588. The first kappa shape index (κ1) is 15.9. The molecule has 0 aliphatic carbocycles. The molecule has 2 aromatic heterocycles. The second kappa shape index (κ2) is 6.66. The molecule has 0 aromatic carbocycles. The Kier molecular flexibility index (Phi) is 4.61. The Hall–Kier alpha value is -1.95. The Morgan fingerprint density at radius 2 is 2.13 bits per heavy atom. The van der Waals surface area contributed by atoms with E-state index in [4.69, 9.17) is 0 Å². The minimum atomic E-state index is 0.0923. The van der Waals surface area contributed by atoms with Gasteiger partial charge in [0.25, 0.3) is 5.91 Å². The highest BCUT2D eigenvalue weighted by molar-refractivity contribution is 5.97. The van der Waals surface area contributed by atoms with Crippen molar-refractivity contribution in [1.82, 2.24) is 25.0 Å². The van der Waals surface area contributed by atoms with Gasteiger partial charge in [0.2, 0.25) is 0 Å². The lowest BCUT2D eigenvalue weighted by Gasteiger charge is -2.32. The number of aryl methyl sites for hydroxylation is 2. The summed E-state index contributed by atoms with van der Waals surface area (Å²) in [6.45, 7) is 4.69. The third kappa shape index (κ3) is 3.22. The summed E-state index contributed by atoms with van der Waals surface area (Å²) in [6, 6.07) is 1.93. The number of rotatable bonds is 4. The van der Waals surface area contributed by atoms with Crippen molar-refractivity contribution in [3.63, 3.8) is 0 Å². The molecule has 6 nitrogen and oxygen atoms in total. The number of likely N-dealkylation sites (tertiary alicyclic amines) is 1. The van der Waals surface area contributed by atoms with Gasteiger partial charge in [0.15, 0.2) is 5.65 Å². The van der Waals surface area contributed by atoms with E-state index in [0.717, 1.165) is 55.1 Å². The van der Waals surface area contributed by atoms with Crippen LogP contribution >= 0.6 is 0 Å². The van der Waals surface area contributed by atoms with Gasteiger partial charge in [0, 0.05) is 31.7 Å². The molecule has 2 aromatic rings. The number of hydrogen-bond acceptors (Lipinski definition) is 4. The second-order valence-corrected chi connectivity index (χ2v) is 6.43. The summed E-state index contributed by atoms with van der Waals surface area (Å²) in [4.78, 5) is 19.1. The molecule has 1 N–H and O–H groups in total. The Bertz CT molecular complexity index is 700. The van der Waals surface area contributed by atoms with Crippen molar-refractivity contribution in [1.29, 1.82) is 0 Å². The molecular formula is C17H25N5O. The summed E-state index contributed by atoms with van der Waals surface area (Å²) in [5, 5.41) is 8.53. The maximum atomic E-state index is 12.7. The van der Waals surface area contributed by atoms with E-state index in [-0.39, 0.29) is 5.91 Å². The maximum Gasteiger partial charge on any atom is 0.255 e. The van der Waals surface area contributed by atoms with Crippen LogP contribution in [0.15, 0.2) is 12.3 Å². The fourth-order valence-corrected chi connectivity index (χ4v) is 3.38. The average molecular weight is 315 g/mol. The van der Waals surface area contributed by atoms with Crippen LogP contribution in [0.2, 0.25) is 0 Å². The molecule has 1 aliphatic heterocycles. The topological polar surface area (TPSA) is 63.1 Å². The molecule has 3 heterocycles. The van der Waals surface area contributed by atoms with E-state index in [1.165, 1.54) is 6.42 Å². The van der Waals surface area contributed by atoms with Crippen LogP contribution in [0.25, 0.3) is 11.0 Å². The van der Waals surface area contributed by atoms with Crippen molar-refractivity contribution >= 4 is 16.9 Å². The monoisotopic (exact) mass is 315 g/mol. The largest absolute Gasteiger partial charge is 0.339 e. The summed E-state index contributed by atoms with van der Waals surface area (Å²) in [5.74, 6) is 0.822. The van der Waals surface area contributed by atoms with Crippen LogP contribution in [0.3, 0.4) is 0 Å². The number of pyridine rings is 1. The van der Waals surface area contributed by atoms with Gasteiger partial charge in [-0.3, -0.25) is 9.48 Å². The predicted octanol–water partition coefficient (Wildman–Crippen LogP) is 1.74. The van der Waals surface area contributed by atoms with Gasteiger partial charge < -0.3 is 10.2 Å². The first-order valence-corrected chi connectivity index (χ1v) is 8.33. The predicted molar refractivity (Wildman–Crippen MR) is 90.4 cm³/mol. The molecule has 0 radical (unpaired) electrons. The average Bonchev–Trinajstić information content (AvgIpc) is 2.86. The van der Waals surface area contributed by atoms with Crippen molar-refractivity contribution in [2.75, 3.05) is 26.7 Å². The number of amides is 1. The number of fused-ring (bicyclic) bond motifs is 1. The molecule has 0 saturated carbocycles. The zero-order valence-electron chi connectivity index (χ0n) is 14.2. The van der Waals surface area contributed by atoms with Gasteiger partial charge >= 0.3 is 0 Å². The van der Waals surface area contributed by atoms with Crippen LogP contribution in [0, 0.1) is 12.8 Å². The van der Waals surface area contributed by atoms with Crippen LogP contribution in [0.1, 0.15) is 35.3 Å². The molecule has 3 rings (SSSR count). The Morgan fingerprint density at radius 3 is 2.83 bits per heavy atom. The van der Waals surface area contributed by atoms with E-state index < -0.39 is 0 Å². The number of nitrogens with zero attached hydrogens (tertiary/aromatic N) is 4. The molecule has 1 amide bonds. The number of piperidine rings is 1. The van der Waals surface area contributed by atoms with E-state index in [1.54, 1.807) is 10.9 Å². The number of aromatic nitrogens is 3. The van der Waals surface area contributed by atoms with Crippen LogP contribution in [-0.2, 0) is 7.05 Å². The molecule has 1 fully saturated rings. The van der Waals surface area contributed by atoms with Gasteiger partial charge in [-0.2, -0.15) is 5.10 Å². The molecule has 0 spiro atoms. The molecule has 0 atom stereocenters. The number of carbonyl (C=O) groups excluding carboxylic acids is 1. The summed E-state index contributed by atoms with van der Waals surface area (Å²) >= 11 is 0. The normalized spacial score (nSPS) is 16.2. The molecule has 23 heavy (non-hydrogen) atoms. The molecule has 6 heteroatoms. The summed E-state index contributed by atoms with van der Waals surface area (Å²) in [7, 11) is 3.86. The molecular weight excluding hydrogens is 290 g/mol.